The topological polar surface area (TPSA) is 85.7 Å². The summed E-state index contributed by atoms with van der Waals surface area (Å²) in [5.74, 6) is -1.07. The molecule has 1 unspecified atom stereocenters. The monoisotopic (exact) mass is 273 g/mol. The Kier molecular flexibility index (Phi) is 5.67. The largest absolute Gasteiger partial charge is 0.480 e. The molecule has 6 nitrogen and oxygen atoms in total. The second-order valence-electron chi connectivity index (χ2n) is 4.48. The Morgan fingerprint density at radius 2 is 2.28 bits per heavy atom. The molecule has 102 valence electrons. The fourth-order valence-electron chi connectivity index (χ4n) is 1.49. The van der Waals surface area contributed by atoms with Crippen molar-refractivity contribution in [3.05, 3.63) is 16.6 Å². The second kappa shape index (κ2) is 6.79. The maximum Gasteiger partial charge on any atom is 0.321 e. The molecule has 0 radical (unpaired) electrons. The van der Waals surface area contributed by atoms with Crippen molar-refractivity contribution in [3.8, 4) is 0 Å². The van der Waals surface area contributed by atoms with Crippen LogP contribution in [0.2, 0.25) is 0 Å². The fraction of sp³-hybridized carbons (Fsp3) is 0.636. The molecule has 0 aliphatic rings. The Balaban J connectivity index is 2.52. The zero-order valence-corrected chi connectivity index (χ0v) is 11.5. The molecule has 0 saturated carbocycles. The number of rotatable bonds is 7. The third kappa shape index (κ3) is 4.34. The van der Waals surface area contributed by atoms with Crippen LogP contribution in [-0.4, -0.2) is 45.5 Å². The van der Waals surface area contributed by atoms with Crippen LogP contribution in [0.15, 0.2) is 11.7 Å². The predicted molar refractivity (Wildman–Crippen MR) is 69.0 cm³/mol. The van der Waals surface area contributed by atoms with Crippen LogP contribution in [0.5, 0.6) is 0 Å². The summed E-state index contributed by atoms with van der Waals surface area (Å²) in [7, 11) is 1.72. The average Bonchev–Trinajstić information content (AvgIpc) is 2.77. The molecule has 0 amide bonds. The summed E-state index contributed by atoms with van der Waals surface area (Å²) in [5, 5.41) is 21.6. The molecule has 0 saturated heterocycles. The van der Waals surface area contributed by atoms with Crippen LogP contribution in [0.4, 0.5) is 0 Å². The van der Waals surface area contributed by atoms with Crippen LogP contribution in [0, 0.1) is 5.92 Å². The fourth-order valence-corrected chi connectivity index (χ4v) is 2.15. The van der Waals surface area contributed by atoms with Gasteiger partial charge in [-0.15, -0.1) is 11.3 Å². The number of nitrogens with zero attached hydrogens (tertiary/aromatic N) is 2. The van der Waals surface area contributed by atoms with Crippen molar-refractivity contribution in [2.24, 2.45) is 5.92 Å². The van der Waals surface area contributed by atoms with Gasteiger partial charge in [-0.1, -0.05) is 13.8 Å². The first-order chi connectivity index (χ1) is 8.41. The summed E-state index contributed by atoms with van der Waals surface area (Å²) >= 11 is 1.49. The van der Waals surface area contributed by atoms with Crippen LogP contribution >= 0.6 is 11.3 Å². The van der Waals surface area contributed by atoms with E-state index in [2.05, 4.69) is 10.3 Å². The summed E-state index contributed by atoms with van der Waals surface area (Å²) in [6, 6.07) is -0.774. The molecule has 2 atom stereocenters. The Morgan fingerprint density at radius 3 is 2.72 bits per heavy atom. The van der Waals surface area contributed by atoms with Crippen molar-refractivity contribution < 1.29 is 15.0 Å². The molecule has 7 heteroatoms. The molecule has 0 spiro atoms. The van der Waals surface area contributed by atoms with Crippen LogP contribution in [0.1, 0.15) is 18.7 Å². The van der Waals surface area contributed by atoms with E-state index in [4.69, 9.17) is 5.11 Å². The van der Waals surface area contributed by atoms with Gasteiger partial charge in [0.25, 0.3) is 0 Å². The van der Waals surface area contributed by atoms with Gasteiger partial charge in [-0.25, -0.2) is 0 Å². The van der Waals surface area contributed by atoms with Gasteiger partial charge in [0.2, 0.25) is 0 Å². The SMILES string of the molecule is CC(C)[C@H](NC(O)N(C)Cc1cncs1)C(=O)O. The van der Waals surface area contributed by atoms with Gasteiger partial charge < -0.3 is 10.2 Å². The lowest BCUT2D eigenvalue weighted by Gasteiger charge is -2.28. The standard InChI is InChI=1S/C11H19N3O3S/c1-7(2)9(10(15)16)13-11(17)14(3)5-8-4-12-6-18-8/h4,6-7,9,11,13,17H,5H2,1-3H3,(H,15,16)/t9-,11?/m0/s1. The van der Waals surface area contributed by atoms with Crippen molar-refractivity contribution in [1.82, 2.24) is 15.2 Å². The Morgan fingerprint density at radius 1 is 1.61 bits per heavy atom. The zero-order valence-electron chi connectivity index (χ0n) is 10.7. The highest BCUT2D eigenvalue weighted by Gasteiger charge is 2.25. The van der Waals surface area contributed by atoms with E-state index in [0.717, 1.165) is 4.88 Å². The summed E-state index contributed by atoms with van der Waals surface area (Å²) in [5.41, 5.74) is 1.72. The molecule has 3 N–H and O–H groups in total. The van der Waals surface area contributed by atoms with Crippen LogP contribution in [0.3, 0.4) is 0 Å². The van der Waals surface area contributed by atoms with Crippen molar-refractivity contribution in [3.63, 3.8) is 0 Å². The Bertz CT molecular complexity index is 370. The molecule has 0 aliphatic heterocycles. The highest BCUT2D eigenvalue weighted by atomic mass is 32.1. The molecule has 18 heavy (non-hydrogen) atoms. The highest BCUT2D eigenvalue weighted by molar-refractivity contribution is 7.09. The maximum absolute atomic E-state index is 11.0. The van der Waals surface area contributed by atoms with Crippen molar-refractivity contribution in [2.75, 3.05) is 7.05 Å². The number of carboxylic acid groups (broad SMARTS) is 1. The van der Waals surface area contributed by atoms with Crippen molar-refractivity contribution >= 4 is 17.3 Å². The minimum Gasteiger partial charge on any atom is -0.480 e. The average molecular weight is 273 g/mol. The van der Waals surface area contributed by atoms with Gasteiger partial charge in [-0.05, 0) is 13.0 Å². The van der Waals surface area contributed by atoms with E-state index in [1.165, 1.54) is 11.3 Å². The van der Waals surface area contributed by atoms with E-state index < -0.39 is 18.4 Å². The zero-order chi connectivity index (χ0) is 13.7. The van der Waals surface area contributed by atoms with Crippen molar-refractivity contribution in [2.45, 2.75) is 32.8 Å². The summed E-state index contributed by atoms with van der Waals surface area (Å²) < 4.78 is 0. The van der Waals surface area contributed by atoms with Crippen LogP contribution in [-0.2, 0) is 11.3 Å². The second-order valence-corrected chi connectivity index (χ2v) is 5.45. The quantitative estimate of drug-likeness (QED) is 0.629. The van der Waals surface area contributed by atoms with E-state index >= 15 is 0 Å². The molecule has 1 heterocycles. The number of nitrogens with one attached hydrogen (secondary N) is 1. The number of aliphatic hydroxyl groups excluding tert-OH is 1. The maximum atomic E-state index is 11.0. The Hall–Kier alpha value is -1.02. The number of hydrogen-bond acceptors (Lipinski definition) is 6. The highest BCUT2D eigenvalue weighted by Crippen LogP contribution is 2.10. The Labute approximate surface area is 110 Å². The first-order valence-corrected chi connectivity index (χ1v) is 6.54. The summed E-state index contributed by atoms with van der Waals surface area (Å²) in [6.07, 6.45) is 0.723. The first kappa shape index (κ1) is 15.0. The van der Waals surface area contributed by atoms with Crippen LogP contribution in [0.25, 0.3) is 0 Å². The van der Waals surface area contributed by atoms with Gasteiger partial charge in [0.15, 0.2) is 6.35 Å². The van der Waals surface area contributed by atoms with E-state index in [0.29, 0.717) is 6.54 Å². The van der Waals surface area contributed by atoms with Gasteiger partial charge >= 0.3 is 5.97 Å². The number of carboxylic acids is 1. The number of hydrogen-bond donors (Lipinski definition) is 3. The molecule has 0 fully saturated rings. The first-order valence-electron chi connectivity index (χ1n) is 5.66. The number of aliphatic hydroxyl groups is 1. The molecule has 0 aliphatic carbocycles. The lowest BCUT2D eigenvalue weighted by molar-refractivity contribution is -0.143. The molecule has 0 bridgehead atoms. The number of aromatic nitrogens is 1. The molecule has 1 rings (SSSR count). The minimum atomic E-state index is -1.00. The summed E-state index contributed by atoms with van der Waals surface area (Å²) in [6.45, 7) is 4.10. The van der Waals surface area contributed by atoms with E-state index in [1.54, 1.807) is 37.5 Å². The lowest BCUT2D eigenvalue weighted by atomic mass is 10.1. The third-order valence-electron chi connectivity index (χ3n) is 2.57. The summed E-state index contributed by atoms with van der Waals surface area (Å²) in [4.78, 5) is 17.6. The van der Waals surface area contributed by atoms with E-state index in [-0.39, 0.29) is 5.92 Å². The molecular formula is C11H19N3O3S. The molecule has 1 aromatic heterocycles. The number of carbonyl (C=O) groups is 1. The number of thiazole rings is 1. The van der Waals surface area contributed by atoms with Crippen LogP contribution < -0.4 is 5.32 Å². The van der Waals surface area contributed by atoms with Gasteiger partial charge in [0, 0.05) is 17.6 Å². The van der Waals surface area contributed by atoms with Gasteiger partial charge in [-0.2, -0.15) is 0 Å². The van der Waals surface area contributed by atoms with Gasteiger partial charge in [0.05, 0.1) is 5.51 Å². The predicted octanol–water partition coefficient (Wildman–Crippen LogP) is 0.550. The van der Waals surface area contributed by atoms with Crippen molar-refractivity contribution in [1.29, 1.82) is 0 Å². The lowest BCUT2D eigenvalue weighted by Crippen LogP contribution is -2.52. The smallest absolute Gasteiger partial charge is 0.321 e. The number of aliphatic carboxylic acids is 1. The van der Waals surface area contributed by atoms with Gasteiger partial charge in [-0.3, -0.25) is 20.0 Å². The van der Waals surface area contributed by atoms with E-state index in [9.17, 15) is 9.90 Å². The van der Waals surface area contributed by atoms with Gasteiger partial charge in [0.1, 0.15) is 6.04 Å². The molecular weight excluding hydrogens is 254 g/mol. The normalized spacial score (nSPS) is 15.0. The molecule has 1 aromatic rings. The van der Waals surface area contributed by atoms with E-state index in [1.807, 2.05) is 0 Å². The third-order valence-corrected chi connectivity index (χ3v) is 3.33. The molecule has 0 aromatic carbocycles. The minimum absolute atomic E-state index is 0.103.